The average Bonchev–Trinajstić information content (AvgIpc) is 3.01. The third kappa shape index (κ3) is 3.20. The van der Waals surface area contributed by atoms with E-state index in [9.17, 15) is 4.79 Å². The fourth-order valence-corrected chi connectivity index (χ4v) is 6.46. The maximum atomic E-state index is 15.7. The molecule has 3 N–H and O–H groups in total. The Morgan fingerprint density at radius 3 is 2.96 bits per heavy atom. The Hall–Kier alpha value is -1.01. The smallest absolute Gasteiger partial charge is 0.328 e. The lowest BCUT2D eigenvalue weighted by molar-refractivity contribution is -0.0498. The maximum absolute atomic E-state index is 15.7. The number of nitrogens with two attached hydrogens (primary N) is 1. The number of nitrogens with one attached hydrogen (secondary N) is 1. The minimum absolute atomic E-state index is 0.0228. The molecule has 1 unspecified atom stereocenters. The van der Waals surface area contributed by atoms with E-state index in [1.165, 1.54) is 4.90 Å². The van der Waals surface area contributed by atoms with Gasteiger partial charge in [0, 0.05) is 7.05 Å². The number of ether oxygens (including phenoxy) is 1. The molecule has 0 amide bonds. The Morgan fingerprint density at radius 1 is 1.57 bits per heavy atom. The lowest BCUT2D eigenvalue weighted by atomic mass is 10.1. The van der Waals surface area contributed by atoms with Gasteiger partial charge in [-0.15, -0.1) is 0 Å². The summed E-state index contributed by atoms with van der Waals surface area (Å²) in [6, 6.07) is 0. The van der Waals surface area contributed by atoms with E-state index in [-0.39, 0.29) is 36.8 Å². The van der Waals surface area contributed by atoms with E-state index < -0.39 is 35.8 Å². The highest BCUT2D eigenvalue weighted by Gasteiger charge is 2.64. The molecule has 4 rings (SSSR count). The van der Waals surface area contributed by atoms with Crippen LogP contribution in [0.1, 0.15) is 13.8 Å². The fourth-order valence-electron chi connectivity index (χ4n) is 3.48. The minimum Gasteiger partial charge on any atom is -0.369 e. The number of hydrogen-bond donors (Lipinski definition) is 2. The van der Waals surface area contributed by atoms with Crippen molar-refractivity contribution >= 4 is 47.6 Å². The van der Waals surface area contributed by atoms with Crippen LogP contribution >= 0.6 is 18.3 Å². The number of nitrogens with zero attached hydrogens (tertiary/aromatic N) is 3. The van der Waals surface area contributed by atoms with Crippen molar-refractivity contribution in [2.24, 2.45) is 0 Å². The average molecular weight is 456 g/mol. The van der Waals surface area contributed by atoms with Gasteiger partial charge in [0.15, 0.2) is 12.0 Å². The molecule has 28 heavy (non-hydrogen) atoms. The van der Waals surface area contributed by atoms with Crippen LogP contribution in [0.25, 0.3) is 0 Å². The minimum atomic E-state index is -3.16. The number of hydrogen-bond acceptors (Lipinski definition) is 10. The van der Waals surface area contributed by atoms with Crippen LogP contribution < -0.4 is 21.1 Å². The summed E-state index contributed by atoms with van der Waals surface area (Å²) in [6.07, 6.45) is -3.56. The zero-order valence-corrected chi connectivity index (χ0v) is 17.8. The molecule has 156 valence electrons. The molecule has 3 aliphatic rings. The summed E-state index contributed by atoms with van der Waals surface area (Å²) in [6.45, 7) is 0.480. The first-order valence-electron chi connectivity index (χ1n) is 8.54. The summed E-state index contributed by atoms with van der Waals surface area (Å²) in [5.74, 6) is 0.0766. The first-order valence-corrected chi connectivity index (χ1v) is 11.5. The number of halogens is 2. The molecule has 0 aliphatic carbocycles. The number of nitrogen functional groups attached to an aromatic ring is 1. The molecule has 0 aromatic carbocycles. The first kappa shape index (κ1) is 20.3. The quantitative estimate of drug-likeness (QED) is 0.509. The molecule has 0 spiro atoms. The molecule has 0 radical (unpaired) electrons. The van der Waals surface area contributed by atoms with Gasteiger partial charge in [0.05, 0.1) is 19.4 Å². The molecule has 5 atom stereocenters. The number of rotatable bonds is 3. The lowest BCUT2D eigenvalue weighted by Gasteiger charge is -2.36. The van der Waals surface area contributed by atoms with Crippen molar-refractivity contribution in [2.45, 2.75) is 43.5 Å². The van der Waals surface area contributed by atoms with Crippen molar-refractivity contribution in [1.29, 1.82) is 0 Å². The van der Waals surface area contributed by atoms with E-state index in [4.69, 9.17) is 47.4 Å². The molecule has 2 fully saturated rings. The van der Waals surface area contributed by atoms with E-state index in [0.717, 1.165) is 0 Å². The Bertz CT molecular complexity index is 903. The number of aromatic amines is 1. The van der Waals surface area contributed by atoms with Crippen LogP contribution in [-0.4, -0.2) is 60.0 Å². The van der Waals surface area contributed by atoms with E-state index in [1.807, 2.05) is 0 Å². The first-order chi connectivity index (χ1) is 13.0. The topological polar surface area (TPSA) is 115 Å². The number of anilines is 3. The van der Waals surface area contributed by atoms with Crippen molar-refractivity contribution in [3.8, 4) is 0 Å². The van der Waals surface area contributed by atoms with Crippen LogP contribution in [0.2, 0.25) is 0 Å². The molecule has 1 aromatic heterocycles. The number of fused-ring (bicyclic) bond motifs is 2. The molecule has 10 nitrogen and oxygen atoms in total. The molecule has 3 aliphatic heterocycles. The SMILES string of the molecule is CC(C)OP1(=S)OC[C@H]2O[C@@H](N3CN(C)c4c3nc(N)[nH]c4=O)[C@](F)(Cl)[C@@H]2O1. The summed E-state index contributed by atoms with van der Waals surface area (Å²) >= 11 is 11.6. The molecular formula is C14H20ClFN5O5PS. The summed E-state index contributed by atoms with van der Waals surface area (Å²) in [7, 11) is 1.66. The molecule has 14 heteroatoms. The number of aromatic nitrogens is 2. The molecule has 0 saturated carbocycles. The fraction of sp³-hybridized carbons (Fsp3) is 0.714. The Kier molecular flexibility index (Phi) is 4.90. The largest absolute Gasteiger partial charge is 0.369 e. The highest BCUT2D eigenvalue weighted by atomic mass is 35.5. The van der Waals surface area contributed by atoms with Gasteiger partial charge < -0.3 is 29.3 Å². The van der Waals surface area contributed by atoms with Gasteiger partial charge in [0.1, 0.15) is 17.9 Å². The molecule has 0 bridgehead atoms. The van der Waals surface area contributed by atoms with E-state index in [1.54, 1.807) is 25.8 Å². The Balaban J connectivity index is 1.66. The second-order valence-corrected chi connectivity index (χ2v) is 10.6. The van der Waals surface area contributed by atoms with Crippen LogP contribution in [-0.2, 0) is 30.1 Å². The van der Waals surface area contributed by atoms with Crippen LogP contribution in [0, 0.1) is 0 Å². The zero-order chi connectivity index (χ0) is 20.4. The summed E-state index contributed by atoms with van der Waals surface area (Å²) < 4.78 is 38.3. The van der Waals surface area contributed by atoms with Gasteiger partial charge in [0.2, 0.25) is 5.95 Å². The van der Waals surface area contributed by atoms with Crippen molar-refractivity contribution in [3.05, 3.63) is 10.4 Å². The highest BCUT2D eigenvalue weighted by molar-refractivity contribution is 8.07. The van der Waals surface area contributed by atoms with Gasteiger partial charge in [-0.25, -0.2) is 4.39 Å². The van der Waals surface area contributed by atoms with Gasteiger partial charge in [-0.3, -0.25) is 14.3 Å². The van der Waals surface area contributed by atoms with E-state index >= 15 is 4.39 Å². The molecule has 1 aromatic rings. The predicted molar refractivity (Wildman–Crippen MR) is 105 cm³/mol. The molecule has 2 saturated heterocycles. The van der Waals surface area contributed by atoms with E-state index in [2.05, 4.69) is 9.97 Å². The van der Waals surface area contributed by atoms with Gasteiger partial charge in [-0.05, 0) is 25.7 Å². The standard InChI is InChI=1S/C14H20ClFN5O5PS/c1-6(2)25-27(28)23-4-7-9(26-27)14(15,16)12(24-7)21-5-20(3)8-10(21)18-13(17)19-11(8)22/h6-7,9,12H,4-5H2,1-3H3,(H3,17,18,19,22)/t7-,9-,12-,14+,27?/m1/s1. The Morgan fingerprint density at radius 2 is 2.29 bits per heavy atom. The van der Waals surface area contributed by atoms with Crippen molar-refractivity contribution in [2.75, 3.05) is 35.9 Å². The lowest BCUT2D eigenvalue weighted by Crippen LogP contribution is -2.50. The molecule has 4 heterocycles. The second kappa shape index (κ2) is 6.76. The number of H-pyrrole nitrogens is 1. The third-order valence-electron chi connectivity index (χ3n) is 4.53. The van der Waals surface area contributed by atoms with Crippen LogP contribution in [0.5, 0.6) is 0 Å². The van der Waals surface area contributed by atoms with Crippen LogP contribution in [0.4, 0.5) is 21.8 Å². The zero-order valence-electron chi connectivity index (χ0n) is 15.3. The normalized spacial score (nSPS) is 37.4. The second-order valence-electron chi connectivity index (χ2n) is 7.06. The predicted octanol–water partition coefficient (Wildman–Crippen LogP) is 1.26. The van der Waals surface area contributed by atoms with Crippen LogP contribution in [0.3, 0.4) is 0 Å². The van der Waals surface area contributed by atoms with Gasteiger partial charge in [-0.1, -0.05) is 11.6 Å². The summed E-state index contributed by atoms with van der Waals surface area (Å²) in [5.41, 5.74) is 5.45. The van der Waals surface area contributed by atoms with Gasteiger partial charge in [0.25, 0.3) is 10.7 Å². The summed E-state index contributed by atoms with van der Waals surface area (Å²) in [4.78, 5) is 21.8. The Labute approximate surface area is 170 Å². The third-order valence-corrected chi connectivity index (χ3v) is 7.39. The molecular weight excluding hydrogens is 436 g/mol. The summed E-state index contributed by atoms with van der Waals surface area (Å²) in [5, 5.41) is -2.49. The van der Waals surface area contributed by atoms with Crippen LogP contribution in [0.15, 0.2) is 4.79 Å². The monoisotopic (exact) mass is 455 g/mol. The van der Waals surface area contributed by atoms with Crippen molar-refractivity contribution in [1.82, 2.24) is 9.97 Å². The van der Waals surface area contributed by atoms with E-state index in [0.29, 0.717) is 0 Å². The van der Waals surface area contributed by atoms with Gasteiger partial charge in [-0.2, -0.15) is 4.98 Å². The maximum Gasteiger partial charge on any atom is 0.328 e. The van der Waals surface area contributed by atoms with Crippen molar-refractivity contribution in [3.63, 3.8) is 0 Å². The van der Waals surface area contributed by atoms with Gasteiger partial charge >= 0.3 is 6.72 Å². The highest BCUT2D eigenvalue weighted by Crippen LogP contribution is 2.60. The van der Waals surface area contributed by atoms with Crippen molar-refractivity contribution < 1.29 is 22.7 Å². The number of alkyl halides is 2.